The number of carbonyl (C=O) groups excluding carboxylic acids is 1. The Labute approximate surface area is 189 Å². The average Bonchev–Trinajstić information content (AvgIpc) is 3.45. The van der Waals surface area contributed by atoms with Crippen molar-refractivity contribution in [1.29, 1.82) is 0 Å². The fraction of sp³-hybridized carbons (Fsp3) is 0.458. The van der Waals surface area contributed by atoms with Gasteiger partial charge in [0.1, 0.15) is 5.75 Å². The van der Waals surface area contributed by atoms with Crippen LogP contribution in [-0.4, -0.2) is 51.9 Å². The molecule has 1 saturated heterocycles. The molecule has 1 N–H and O–H groups in total. The molecule has 0 radical (unpaired) electrons. The van der Waals surface area contributed by atoms with Gasteiger partial charge >= 0.3 is 0 Å². The summed E-state index contributed by atoms with van der Waals surface area (Å²) in [4.78, 5) is 15.1. The molecule has 2 fully saturated rings. The highest BCUT2D eigenvalue weighted by atomic mass is 32.2. The fourth-order valence-corrected chi connectivity index (χ4v) is 6.85. The molecule has 2 aromatic rings. The van der Waals surface area contributed by atoms with Crippen molar-refractivity contribution in [3.8, 4) is 5.75 Å². The van der Waals surface area contributed by atoms with Gasteiger partial charge in [0.05, 0.1) is 23.6 Å². The van der Waals surface area contributed by atoms with Gasteiger partial charge in [-0.15, -0.1) is 0 Å². The van der Waals surface area contributed by atoms with Crippen molar-refractivity contribution in [1.82, 2.24) is 4.31 Å². The summed E-state index contributed by atoms with van der Waals surface area (Å²) in [7, 11) is -1.99. The van der Waals surface area contributed by atoms with Crippen LogP contribution in [0.25, 0.3) is 0 Å². The normalized spacial score (nSPS) is 22.1. The molecule has 3 aliphatic rings. The maximum absolute atomic E-state index is 13.4. The Morgan fingerprint density at radius 1 is 1.00 bits per heavy atom. The Hall–Kier alpha value is -2.58. The molecule has 2 heterocycles. The van der Waals surface area contributed by atoms with Gasteiger partial charge in [0, 0.05) is 31.9 Å². The van der Waals surface area contributed by atoms with Gasteiger partial charge in [-0.25, -0.2) is 8.42 Å². The minimum atomic E-state index is -3.63. The van der Waals surface area contributed by atoms with Crippen molar-refractivity contribution in [3.05, 3.63) is 48.0 Å². The molecule has 1 saturated carbocycles. The second-order valence-corrected chi connectivity index (χ2v) is 10.8. The van der Waals surface area contributed by atoms with Crippen molar-refractivity contribution in [2.75, 3.05) is 43.5 Å². The summed E-state index contributed by atoms with van der Waals surface area (Å²) in [6.45, 7) is 1.99. The van der Waals surface area contributed by atoms with Gasteiger partial charge in [-0.05, 0) is 54.7 Å². The molecular formula is C24H29N3O4S. The number of carbonyl (C=O) groups is 1. The van der Waals surface area contributed by atoms with Crippen LogP contribution in [0, 0.1) is 5.92 Å². The number of piperazine rings is 1. The topological polar surface area (TPSA) is 79.0 Å². The van der Waals surface area contributed by atoms with E-state index in [2.05, 4.69) is 10.2 Å². The third-order valence-corrected chi connectivity index (χ3v) is 8.97. The van der Waals surface area contributed by atoms with Crippen LogP contribution in [0.1, 0.15) is 37.2 Å². The second kappa shape index (κ2) is 8.41. The van der Waals surface area contributed by atoms with E-state index < -0.39 is 10.0 Å². The Balaban J connectivity index is 1.35. The lowest BCUT2D eigenvalue weighted by Crippen LogP contribution is -2.48. The molecule has 7 nitrogen and oxygen atoms in total. The highest BCUT2D eigenvalue weighted by Crippen LogP contribution is 2.45. The zero-order valence-corrected chi connectivity index (χ0v) is 19.1. The van der Waals surface area contributed by atoms with Gasteiger partial charge in [0.15, 0.2) is 0 Å². The zero-order valence-electron chi connectivity index (χ0n) is 18.3. The summed E-state index contributed by atoms with van der Waals surface area (Å²) in [5.74, 6) is 0.869. The molecule has 170 valence electrons. The van der Waals surface area contributed by atoms with E-state index in [4.69, 9.17) is 4.74 Å². The Morgan fingerprint density at radius 3 is 2.44 bits per heavy atom. The number of fused-ring (bicyclic) bond motifs is 1. The van der Waals surface area contributed by atoms with Crippen LogP contribution in [0.4, 0.5) is 11.4 Å². The van der Waals surface area contributed by atoms with Gasteiger partial charge in [-0.3, -0.25) is 4.79 Å². The quantitative estimate of drug-likeness (QED) is 0.747. The van der Waals surface area contributed by atoms with Crippen molar-refractivity contribution in [3.63, 3.8) is 0 Å². The molecule has 5 rings (SSSR count). The van der Waals surface area contributed by atoms with E-state index in [0.29, 0.717) is 32.1 Å². The van der Waals surface area contributed by atoms with E-state index in [-0.39, 0.29) is 16.7 Å². The number of para-hydroxylation sites is 2. The van der Waals surface area contributed by atoms with Crippen LogP contribution >= 0.6 is 0 Å². The minimum absolute atomic E-state index is 0.00636. The van der Waals surface area contributed by atoms with Crippen LogP contribution in [0.5, 0.6) is 5.75 Å². The van der Waals surface area contributed by atoms with Crippen molar-refractivity contribution < 1.29 is 17.9 Å². The number of ether oxygens (including phenoxy) is 1. The van der Waals surface area contributed by atoms with Gasteiger partial charge in [-0.1, -0.05) is 25.0 Å². The van der Waals surface area contributed by atoms with Gasteiger partial charge in [-0.2, -0.15) is 4.31 Å². The van der Waals surface area contributed by atoms with Crippen LogP contribution < -0.4 is 15.0 Å². The molecule has 1 amide bonds. The molecule has 0 aromatic heterocycles. The molecule has 1 aliphatic carbocycles. The monoisotopic (exact) mass is 455 g/mol. The van der Waals surface area contributed by atoms with E-state index in [0.717, 1.165) is 48.4 Å². The number of rotatable bonds is 5. The highest BCUT2D eigenvalue weighted by molar-refractivity contribution is 7.89. The summed E-state index contributed by atoms with van der Waals surface area (Å²) >= 11 is 0. The number of methoxy groups -OCH3 is 1. The minimum Gasteiger partial charge on any atom is -0.495 e. The van der Waals surface area contributed by atoms with Crippen LogP contribution in [0.2, 0.25) is 0 Å². The maximum Gasteiger partial charge on any atom is 0.243 e. The average molecular weight is 456 g/mol. The fourth-order valence-electron chi connectivity index (χ4n) is 5.39. The number of nitrogens with one attached hydrogen (secondary N) is 1. The predicted molar refractivity (Wildman–Crippen MR) is 124 cm³/mol. The first kappa shape index (κ1) is 21.3. The molecule has 32 heavy (non-hydrogen) atoms. The number of hydrogen-bond donors (Lipinski definition) is 1. The standard InChI is InChI=1S/C24H29N3O4S/c1-31-22-9-5-4-8-21(22)26-12-14-27(15-13-26)32(29,30)18-10-11-20-19(16-18)23(24(28)25-20)17-6-2-3-7-17/h4-5,8-11,16-17,23H,2-3,6-7,12-15H2,1H3,(H,25,28)/t23-/m1/s1. The molecular weight excluding hydrogens is 426 g/mol. The predicted octanol–water partition coefficient (Wildman–Crippen LogP) is 3.43. The molecule has 8 heteroatoms. The van der Waals surface area contributed by atoms with E-state index in [1.165, 1.54) is 0 Å². The zero-order chi connectivity index (χ0) is 22.3. The summed E-state index contributed by atoms with van der Waals surface area (Å²) in [5, 5.41) is 2.95. The second-order valence-electron chi connectivity index (χ2n) is 8.82. The van der Waals surface area contributed by atoms with Gasteiger partial charge in [0.25, 0.3) is 0 Å². The van der Waals surface area contributed by atoms with E-state index in [1.54, 1.807) is 29.6 Å². The number of anilines is 2. The van der Waals surface area contributed by atoms with Crippen LogP contribution in [-0.2, 0) is 14.8 Å². The molecule has 0 bridgehead atoms. The summed E-state index contributed by atoms with van der Waals surface area (Å²) in [5.41, 5.74) is 2.58. The Bertz CT molecular complexity index is 1120. The third-order valence-electron chi connectivity index (χ3n) is 7.07. The van der Waals surface area contributed by atoms with Crippen molar-refractivity contribution in [2.24, 2.45) is 5.92 Å². The summed E-state index contributed by atoms with van der Waals surface area (Å²) < 4.78 is 33.9. The molecule has 2 aliphatic heterocycles. The number of hydrogen-bond acceptors (Lipinski definition) is 5. The van der Waals surface area contributed by atoms with E-state index in [1.807, 2.05) is 24.3 Å². The molecule has 0 spiro atoms. The lowest BCUT2D eigenvalue weighted by Gasteiger charge is -2.36. The van der Waals surface area contributed by atoms with Crippen LogP contribution in [0.3, 0.4) is 0 Å². The Morgan fingerprint density at radius 2 is 1.72 bits per heavy atom. The highest BCUT2D eigenvalue weighted by Gasteiger charge is 2.39. The first-order valence-corrected chi connectivity index (χ1v) is 12.8. The summed E-state index contributed by atoms with van der Waals surface area (Å²) in [6, 6.07) is 12.9. The largest absolute Gasteiger partial charge is 0.495 e. The van der Waals surface area contributed by atoms with Crippen LogP contribution in [0.15, 0.2) is 47.4 Å². The number of amides is 1. The lowest BCUT2D eigenvalue weighted by molar-refractivity contribution is -0.118. The SMILES string of the molecule is COc1ccccc1N1CCN(S(=O)(=O)c2ccc3c(c2)[C@@H](C2CCCC2)C(=O)N3)CC1. The number of nitrogens with zero attached hydrogens (tertiary/aromatic N) is 2. The smallest absolute Gasteiger partial charge is 0.243 e. The van der Waals surface area contributed by atoms with Gasteiger partial charge < -0.3 is 15.0 Å². The summed E-state index contributed by atoms with van der Waals surface area (Å²) in [6.07, 6.45) is 4.33. The third kappa shape index (κ3) is 3.65. The van der Waals surface area contributed by atoms with E-state index in [9.17, 15) is 13.2 Å². The number of benzene rings is 2. The molecule has 2 aromatic carbocycles. The van der Waals surface area contributed by atoms with Gasteiger partial charge in [0.2, 0.25) is 15.9 Å². The first-order chi connectivity index (χ1) is 15.5. The molecule has 0 unspecified atom stereocenters. The first-order valence-electron chi connectivity index (χ1n) is 11.3. The molecule has 1 atom stereocenters. The maximum atomic E-state index is 13.4. The van der Waals surface area contributed by atoms with Crippen molar-refractivity contribution >= 4 is 27.3 Å². The van der Waals surface area contributed by atoms with E-state index >= 15 is 0 Å². The number of sulfonamides is 1. The van der Waals surface area contributed by atoms with Crippen molar-refractivity contribution in [2.45, 2.75) is 36.5 Å². The Kier molecular flexibility index (Phi) is 5.59. The lowest BCUT2D eigenvalue weighted by atomic mass is 9.86.